The first-order valence-corrected chi connectivity index (χ1v) is 13.5. The van der Waals surface area contributed by atoms with Crippen molar-refractivity contribution in [1.82, 2.24) is 5.32 Å². The van der Waals surface area contributed by atoms with Gasteiger partial charge in [0.2, 0.25) is 5.91 Å². The zero-order chi connectivity index (χ0) is 27.9. The number of sulfonamides is 1. The van der Waals surface area contributed by atoms with Crippen LogP contribution in [0.15, 0.2) is 71.6 Å². The smallest absolute Gasteiger partial charge is 0.416 e. The minimum absolute atomic E-state index is 0.138. The van der Waals surface area contributed by atoms with Crippen LogP contribution < -0.4 is 14.4 Å². The number of hydrogen-bond donors (Lipinski definition) is 1. The zero-order valence-corrected chi connectivity index (χ0v) is 22.3. The molecule has 1 aliphatic heterocycles. The second-order valence-corrected chi connectivity index (χ2v) is 12.0. The Balaban J connectivity index is 1.70. The Morgan fingerprint density at radius 1 is 1.03 bits per heavy atom. The summed E-state index contributed by atoms with van der Waals surface area (Å²) in [6.07, 6.45) is -4.27. The maximum absolute atomic E-state index is 13.6. The number of aryl methyl sites for hydroxylation is 2. The fraction of sp³-hybridized carbons (Fsp3) is 0.321. The van der Waals surface area contributed by atoms with E-state index in [0.717, 1.165) is 34.9 Å². The molecule has 0 spiro atoms. The highest BCUT2D eigenvalue weighted by atomic mass is 32.2. The van der Waals surface area contributed by atoms with E-state index < -0.39 is 45.9 Å². The quantitative estimate of drug-likeness (QED) is 0.416. The van der Waals surface area contributed by atoms with Gasteiger partial charge in [0, 0.05) is 12.0 Å². The number of amides is 1. The molecule has 1 unspecified atom stereocenters. The van der Waals surface area contributed by atoms with Gasteiger partial charge in [0.1, 0.15) is 17.9 Å². The number of nitrogens with one attached hydrogen (secondary N) is 1. The van der Waals surface area contributed by atoms with Crippen LogP contribution in [0.5, 0.6) is 5.75 Å². The number of anilines is 1. The predicted octanol–water partition coefficient (Wildman–Crippen LogP) is 5.94. The lowest BCUT2D eigenvalue weighted by Crippen LogP contribution is -2.45. The Hall–Kier alpha value is -3.53. The number of alkyl halides is 3. The van der Waals surface area contributed by atoms with Gasteiger partial charge in [-0.15, -0.1) is 0 Å². The molecule has 1 amide bonds. The number of hydrogen-bond acceptors (Lipinski definition) is 4. The highest BCUT2D eigenvalue weighted by Crippen LogP contribution is 2.40. The van der Waals surface area contributed by atoms with Crippen molar-refractivity contribution in [1.29, 1.82) is 0 Å². The van der Waals surface area contributed by atoms with Crippen LogP contribution in [-0.2, 0) is 21.0 Å². The van der Waals surface area contributed by atoms with E-state index in [0.29, 0.717) is 16.5 Å². The number of fused-ring (bicyclic) bond motifs is 1. The maximum Gasteiger partial charge on any atom is 0.416 e. The monoisotopic (exact) mass is 546 g/mol. The molecule has 1 N–H and O–H groups in total. The van der Waals surface area contributed by atoms with Gasteiger partial charge in [-0.3, -0.25) is 9.10 Å². The lowest BCUT2D eigenvalue weighted by Gasteiger charge is -2.38. The molecule has 38 heavy (non-hydrogen) atoms. The molecule has 0 saturated heterocycles. The third kappa shape index (κ3) is 5.96. The fourth-order valence-corrected chi connectivity index (χ4v) is 5.86. The summed E-state index contributed by atoms with van der Waals surface area (Å²) >= 11 is 0. The number of benzene rings is 3. The largest absolute Gasteiger partial charge is 0.487 e. The van der Waals surface area contributed by atoms with E-state index in [-0.39, 0.29) is 10.6 Å². The van der Waals surface area contributed by atoms with Crippen LogP contribution in [-0.4, -0.2) is 26.5 Å². The molecule has 6 nitrogen and oxygen atoms in total. The summed E-state index contributed by atoms with van der Waals surface area (Å²) in [7, 11) is -4.38. The van der Waals surface area contributed by atoms with Crippen molar-refractivity contribution < 1.29 is 31.1 Å². The summed E-state index contributed by atoms with van der Waals surface area (Å²) in [4.78, 5) is 13.2. The molecule has 0 radical (unpaired) electrons. The average molecular weight is 547 g/mol. The topological polar surface area (TPSA) is 75.7 Å². The molecular formula is C28H29F3N2O4S. The summed E-state index contributed by atoms with van der Waals surface area (Å²) in [5.41, 5.74) is 0.645. The van der Waals surface area contributed by atoms with Crippen molar-refractivity contribution in [3.8, 4) is 5.75 Å². The number of halogens is 3. The molecule has 3 aromatic rings. The van der Waals surface area contributed by atoms with Crippen molar-refractivity contribution in [3.05, 3.63) is 89.0 Å². The number of ether oxygens (including phenoxy) is 1. The Morgan fingerprint density at radius 2 is 1.68 bits per heavy atom. The first-order chi connectivity index (χ1) is 17.7. The van der Waals surface area contributed by atoms with E-state index in [1.165, 1.54) is 18.2 Å². The van der Waals surface area contributed by atoms with E-state index in [1.807, 2.05) is 39.0 Å². The Morgan fingerprint density at radius 3 is 2.34 bits per heavy atom. The maximum atomic E-state index is 13.6. The lowest BCUT2D eigenvalue weighted by molar-refractivity contribution is -0.137. The van der Waals surface area contributed by atoms with Crippen molar-refractivity contribution in [2.24, 2.45) is 0 Å². The van der Waals surface area contributed by atoms with Gasteiger partial charge in [0.15, 0.2) is 0 Å². The van der Waals surface area contributed by atoms with E-state index in [1.54, 1.807) is 19.1 Å². The van der Waals surface area contributed by atoms with E-state index in [2.05, 4.69) is 5.32 Å². The normalized spacial score (nSPS) is 16.8. The molecular weight excluding hydrogens is 517 g/mol. The first-order valence-electron chi connectivity index (χ1n) is 12.0. The zero-order valence-electron chi connectivity index (χ0n) is 21.5. The number of carbonyl (C=O) groups excluding carboxylic acids is 1. The van der Waals surface area contributed by atoms with Gasteiger partial charge in [-0.25, -0.2) is 8.42 Å². The summed E-state index contributed by atoms with van der Waals surface area (Å²) in [6, 6.07) is 15.0. The average Bonchev–Trinajstić information content (AvgIpc) is 2.81. The minimum Gasteiger partial charge on any atom is -0.487 e. The van der Waals surface area contributed by atoms with Crippen LogP contribution in [0.1, 0.15) is 48.6 Å². The highest BCUT2D eigenvalue weighted by molar-refractivity contribution is 7.92. The van der Waals surface area contributed by atoms with Gasteiger partial charge in [-0.05, 0) is 69.7 Å². The lowest BCUT2D eigenvalue weighted by atomic mass is 9.89. The molecule has 1 aliphatic rings. The third-order valence-corrected chi connectivity index (χ3v) is 8.11. The number of carbonyl (C=O) groups is 1. The summed E-state index contributed by atoms with van der Waals surface area (Å²) in [5, 5.41) is 2.88. The molecule has 0 bridgehead atoms. The first kappa shape index (κ1) is 27.5. The molecule has 0 aliphatic carbocycles. The Labute approximate surface area is 220 Å². The third-order valence-electron chi connectivity index (χ3n) is 6.32. The summed E-state index contributed by atoms with van der Waals surface area (Å²) in [6.45, 7) is 6.75. The highest BCUT2D eigenvalue weighted by Gasteiger charge is 2.36. The van der Waals surface area contributed by atoms with Gasteiger partial charge in [0.25, 0.3) is 10.0 Å². The fourth-order valence-electron chi connectivity index (χ4n) is 4.45. The standard InChI is InChI=1S/C28H29F3N2O4S/c1-18-8-11-22(12-9-18)38(35,36)33(21-7-5-6-20(15-21)28(29,30)31)17-26(34)32-24-16-27(3,4)37-25-14-19(2)10-13-23(24)25/h5-15,24H,16-17H2,1-4H3,(H,32,34). The van der Waals surface area contributed by atoms with Gasteiger partial charge < -0.3 is 10.1 Å². The SMILES string of the molecule is Cc1ccc(S(=O)(=O)N(CC(=O)NC2CC(C)(C)Oc3cc(C)ccc32)c2cccc(C(F)(F)F)c2)cc1. The Bertz CT molecular complexity index is 1450. The van der Waals surface area contributed by atoms with Crippen molar-refractivity contribution >= 4 is 21.6 Å². The van der Waals surface area contributed by atoms with E-state index in [4.69, 9.17) is 4.74 Å². The summed E-state index contributed by atoms with van der Waals surface area (Å²) in [5.74, 6) is -0.0408. The predicted molar refractivity (Wildman–Crippen MR) is 139 cm³/mol. The molecule has 202 valence electrons. The van der Waals surface area contributed by atoms with Gasteiger partial charge >= 0.3 is 6.18 Å². The molecule has 0 aromatic heterocycles. The van der Waals surface area contributed by atoms with E-state index in [9.17, 15) is 26.4 Å². The molecule has 0 fully saturated rings. The molecule has 3 aromatic carbocycles. The van der Waals surface area contributed by atoms with Gasteiger partial charge in [-0.1, -0.05) is 35.9 Å². The number of nitrogens with zero attached hydrogens (tertiary/aromatic N) is 1. The van der Waals surface area contributed by atoms with Crippen LogP contribution >= 0.6 is 0 Å². The van der Waals surface area contributed by atoms with Crippen molar-refractivity contribution in [2.45, 2.75) is 56.8 Å². The molecule has 1 atom stereocenters. The minimum atomic E-state index is -4.69. The second-order valence-electron chi connectivity index (χ2n) is 10.1. The molecule has 0 saturated carbocycles. The van der Waals surface area contributed by atoms with Crippen LogP contribution in [0.4, 0.5) is 18.9 Å². The van der Waals surface area contributed by atoms with Crippen LogP contribution in [0.2, 0.25) is 0 Å². The van der Waals surface area contributed by atoms with Crippen LogP contribution in [0, 0.1) is 13.8 Å². The van der Waals surface area contributed by atoms with E-state index >= 15 is 0 Å². The molecule has 1 heterocycles. The summed E-state index contributed by atoms with van der Waals surface area (Å²) < 4.78 is 74.4. The van der Waals surface area contributed by atoms with Crippen LogP contribution in [0.25, 0.3) is 0 Å². The van der Waals surface area contributed by atoms with Crippen molar-refractivity contribution in [2.75, 3.05) is 10.8 Å². The second kappa shape index (κ2) is 9.98. The molecule has 4 rings (SSSR count). The van der Waals surface area contributed by atoms with Crippen molar-refractivity contribution in [3.63, 3.8) is 0 Å². The van der Waals surface area contributed by atoms with Gasteiger partial charge in [-0.2, -0.15) is 13.2 Å². The number of rotatable bonds is 6. The van der Waals surface area contributed by atoms with Gasteiger partial charge in [0.05, 0.1) is 22.2 Å². The molecule has 10 heteroatoms. The Kier molecular flexibility index (Phi) is 7.22. The van der Waals surface area contributed by atoms with Crippen LogP contribution in [0.3, 0.4) is 0 Å².